The molecule has 4 heteroatoms. The van der Waals surface area contributed by atoms with Crippen LogP contribution in [0.3, 0.4) is 0 Å². The van der Waals surface area contributed by atoms with Crippen LogP contribution in [0.5, 0.6) is 0 Å². The SMILES string of the molecule is CNC(=O)CCC(ON)c1ccccc1. The Bertz CT molecular complexity index is 301. The molecule has 0 aliphatic carbocycles. The van der Waals surface area contributed by atoms with Crippen LogP contribution >= 0.6 is 0 Å². The van der Waals surface area contributed by atoms with E-state index in [4.69, 9.17) is 10.7 Å². The lowest BCUT2D eigenvalue weighted by atomic mass is 10.0. The van der Waals surface area contributed by atoms with E-state index in [1.165, 1.54) is 0 Å². The van der Waals surface area contributed by atoms with Gasteiger partial charge < -0.3 is 5.32 Å². The van der Waals surface area contributed by atoms with Gasteiger partial charge in [0.25, 0.3) is 0 Å². The lowest BCUT2D eigenvalue weighted by molar-refractivity contribution is -0.121. The Morgan fingerprint density at radius 1 is 1.47 bits per heavy atom. The number of nitrogens with one attached hydrogen (secondary N) is 1. The van der Waals surface area contributed by atoms with Gasteiger partial charge in [0.15, 0.2) is 0 Å². The van der Waals surface area contributed by atoms with Crippen molar-refractivity contribution in [2.24, 2.45) is 5.90 Å². The second-order valence-electron chi connectivity index (χ2n) is 3.25. The van der Waals surface area contributed by atoms with Crippen LogP contribution in [0.25, 0.3) is 0 Å². The Balaban J connectivity index is 2.53. The molecule has 0 fully saturated rings. The third-order valence-electron chi connectivity index (χ3n) is 2.25. The summed E-state index contributed by atoms with van der Waals surface area (Å²) in [6, 6.07) is 9.63. The molecule has 0 radical (unpaired) electrons. The highest BCUT2D eigenvalue weighted by atomic mass is 16.6. The summed E-state index contributed by atoms with van der Waals surface area (Å²) in [6.45, 7) is 0. The molecule has 0 heterocycles. The van der Waals surface area contributed by atoms with E-state index in [-0.39, 0.29) is 12.0 Å². The van der Waals surface area contributed by atoms with Gasteiger partial charge in [-0.15, -0.1) is 0 Å². The van der Waals surface area contributed by atoms with Crippen molar-refractivity contribution in [3.63, 3.8) is 0 Å². The van der Waals surface area contributed by atoms with Gasteiger partial charge in [-0.3, -0.25) is 9.63 Å². The fraction of sp³-hybridized carbons (Fsp3) is 0.364. The molecule has 0 aliphatic heterocycles. The summed E-state index contributed by atoms with van der Waals surface area (Å²) < 4.78 is 0. The molecule has 4 nitrogen and oxygen atoms in total. The highest BCUT2D eigenvalue weighted by molar-refractivity contribution is 5.75. The van der Waals surface area contributed by atoms with Crippen molar-refractivity contribution in [1.29, 1.82) is 0 Å². The predicted molar refractivity (Wildman–Crippen MR) is 57.8 cm³/mol. The topological polar surface area (TPSA) is 64.3 Å². The lowest BCUT2D eigenvalue weighted by Crippen LogP contribution is -2.19. The molecule has 1 amide bonds. The Hall–Kier alpha value is -1.39. The Morgan fingerprint density at radius 2 is 2.13 bits per heavy atom. The number of carbonyl (C=O) groups is 1. The second kappa shape index (κ2) is 6.16. The first kappa shape index (κ1) is 11.7. The highest BCUT2D eigenvalue weighted by Gasteiger charge is 2.12. The normalized spacial score (nSPS) is 12.1. The van der Waals surface area contributed by atoms with Crippen LogP contribution in [-0.2, 0) is 9.63 Å². The van der Waals surface area contributed by atoms with Crippen LogP contribution in [-0.4, -0.2) is 13.0 Å². The van der Waals surface area contributed by atoms with E-state index in [2.05, 4.69) is 5.32 Å². The highest BCUT2D eigenvalue weighted by Crippen LogP contribution is 2.20. The minimum absolute atomic E-state index is 0.00650. The van der Waals surface area contributed by atoms with Crippen molar-refractivity contribution in [3.05, 3.63) is 35.9 Å². The molecular formula is C11H16N2O2. The number of benzene rings is 1. The van der Waals surface area contributed by atoms with Crippen LogP contribution in [0.4, 0.5) is 0 Å². The molecule has 0 aliphatic rings. The number of amides is 1. The summed E-state index contributed by atoms with van der Waals surface area (Å²) >= 11 is 0. The van der Waals surface area contributed by atoms with Crippen molar-refractivity contribution >= 4 is 5.91 Å². The van der Waals surface area contributed by atoms with Gasteiger partial charge in [-0.05, 0) is 12.0 Å². The first-order chi connectivity index (χ1) is 7.27. The maximum atomic E-state index is 11.1. The van der Waals surface area contributed by atoms with E-state index < -0.39 is 0 Å². The van der Waals surface area contributed by atoms with Gasteiger partial charge in [0.1, 0.15) is 6.10 Å². The third-order valence-corrected chi connectivity index (χ3v) is 2.25. The van der Waals surface area contributed by atoms with E-state index in [1.54, 1.807) is 7.05 Å². The molecule has 3 N–H and O–H groups in total. The van der Waals surface area contributed by atoms with E-state index in [1.807, 2.05) is 30.3 Å². The molecule has 82 valence electrons. The monoisotopic (exact) mass is 208 g/mol. The molecule has 0 spiro atoms. The zero-order valence-electron chi connectivity index (χ0n) is 8.77. The molecule has 0 saturated carbocycles. The summed E-state index contributed by atoms with van der Waals surface area (Å²) in [5.41, 5.74) is 0.990. The largest absolute Gasteiger partial charge is 0.359 e. The Labute approximate surface area is 89.4 Å². The fourth-order valence-corrected chi connectivity index (χ4v) is 1.37. The average Bonchev–Trinajstić information content (AvgIpc) is 2.31. The molecule has 0 bridgehead atoms. The van der Waals surface area contributed by atoms with Gasteiger partial charge in [-0.25, -0.2) is 5.90 Å². The maximum absolute atomic E-state index is 11.1. The lowest BCUT2D eigenvalue weighted by Gasteiger charge is -2.13. The number of hydrogen-bond donors (Lipinski definition) is 2. The zero-order chi connectivity index (χ0) is 11.1. The van der Waals surface area contributed by atoms with E-state index in [0.29, 0.717) is 12.8 Å². The molecule has 0 saturated heterocycles. The summed E-state index contributed by atoms with van der Waals surface area (Å²) in [5, 5.41) is 2.56. The van der Waals surface area contributed by atoms with Crippen LogP contribution < -0.4 is 11.2 Å². The molecule has 1 aromatic rings. The number of nitrogens with two attached hydrogens (primary N) is 1. The van der Waals surface area contributed by atoms with E-state index in [9.17, 15) is 4.79 Å². The Kier molecular flexibility index (Phi) is 4.80. The molecule has 0 aromatic heterocycles. The van der Waals surface area contributed by atoms with Gasteiger partial charge in [-0.2, -0.15) is 0 Å². The second-order valence-corrected chi connectivity index (χ2v) is 3.25. The fourth-order valence-electron chi connectivity index (χ4n) is 1.37. The summed E-state index contributed by atoms with van der Waals surface area (Å²) in [7, 11) is 1.61. The summed E-state index contributed by atoms with van der Waals surface area (Å²) in [5.74, 6) is 5.19. The van der Waals surface area contributed by atoms with Gasteiger partial charge in [0.05, 0.1) is 0 Å². The molecule has 1 aromatic carbocycles. The van der Waals surface area contributed by atoms with E-state index in [0.717, 1.165) is 5.56 Å². The van der Waals surface area contributed by atoms with Gasteiger partial charge >= 0.3 is 0 Å². The van der Waals surface area contributed by atoms with Gasteiger partial charge in [0, 0.05) is 13.5 Å². The molecule has 15 heavy (non-hydrogen) atoms. The van der Waals surface area contributed by atoms with Gasteiger partial charge in [-0.1, -0.05) is 30.3 Å². The first-order valence-electron chi connectivity index (χ1n) is 4.89. The zero-order valence-corrected chi connectivity index (χ0v) is 8.77. The summed E-state index contributed by atoms with van der Waals surface area (Å²) in [6.07, 6.45) is 0.775. The van der Waals surface area contributed by atoms with Crippen molar-refractivity contribution in [2.75, 3.05) is 7.05 Å². The first-order valence-corrected chi connectivity index (χ1v) is 4.89. The smallest absolute Gasteiger partial charge is 0.219 e. The van der Waals surface area contributed by atoms with Crippen LogP contribution in [0.2, 0.25) is 0 Å². The third kappa shape index (κ3) is 3.69. The van der Waals surface area contributed by atoms with Crippen molar-refractivity contribution in [1.82, 2.24) is 5.32 Å². The van der Waals surface area contributed by atoms with Crippen molar-refractivity contribution in [2.45, 2.75) is 18.9 Å². The maximum Gasteiger partial charge on any atom is 0.219 e. The minimum atomic E-state index is -0.219. The van der Waals surface area contributed by atoms with Gasteiger partial charge in [0.2, 0.25) is 5.91 Å². The number of rotatable bonds is 5. The van der Waals surface area contributed by atoms with Crippen molar-refractivity contribution in [3.8, 4) is 0 Å². The standard InChI is InChI=1S/C11H16N2O2/c1-13-11(14)8-7-10(15-12)9-5-3-2-4-6-9/h2-6,10H,7-8,12H2,1H3,(H,13,14). The van der Waals surface area contributed by atoms with Crippen molar-refractivity contribution < 1.29 is 9.63 Å². The Morgan fingerprint density at radius 3 is 2.67 bits per heavy atom. The minimum Gasteiger partial charge on any atom is -0.359 e. The number of carbonyl (C=O) groups excluding carboxylic acids is 1. The molecule has 1 rings (SSSR count). The molecule has 1 unspecified atom stereocenters. The average molecular weight is 208 g/mol. The van der Waals surface area contributed by atoms with Crippen LogP contribution in [0, 0.1) is 0 Å². The van der Waals surface area contributed by atoms with Crippen LogP contribution in [0.1, 0.15) is 24.5 Å². The summed E-state index contributed by atoms with van der Waals surface area (Å²) in [4.78, 5) is 15.9. The number of hydrogen-bond acceptors (Lipinski definition) is 3. The van der Waals surface area contributed by atoms with E-state index >= 15 is 0 Å². The van der Waals surface area contributed by atoms with Crippen LogP contribution in [0.15, 0.2) is 30.3 Å². The molecular weight excluding hydrogens is 192 g/mol. The molecule has 1 atom stereocenters. The quantitative estimate of drug-likeness (QED) is 0.713. The predicted octanol–water partition coefficient (Wildman–Crippen LogP) is 1.14.